The molecular weight excluding hydrogens is 701 g/mol. The summed E-state index contributed by atoms with van der Waals surface area (Å²) in [6, 6.07) is 14.8. The Morgan fingerprint density at radius 2 is 1.46 bits per heavy atom. The molecule has 1 heterocycles. The third-order valence-corrected chi connectivity index (χ3v) is 11.2. The molecule has 0 aliphatic carbocycles. The van der Waals surface area contributed by atoms with Crippen LogP contribution in [-0.4, -0.2) is 66.7 Å². The minimum atomic E-state index is -5.26. The van der Waals surface area contributed by atoms with E-state index in [1.165, 1.54) is 13.8 Å². The van der Waals surface area contributed by atoms with Crippen LogP contribution in [0.4, 0.5) is 28.0 Å². The summed E-state index contributed by atoms with van der Waals surface area (Å²) < 4.78 is 92.4. The quantitative estimate of drug-likeness (QED) is 0.119. The highest BCUT2D eigenvalue weighted by molar-refractivity contribution is 7.89. The zero-order valence-corrected chi connectivity index (χ0v) is 28.8. The van der Waals surface area contributed by atoms with Crippen molar-refractivity contribution in [1.29, 1.82) is 0 Å². The Morgan fingerprint density at radius 1 is 0.920 bits per heavy atom. The maximum Gasteiger partial charge on any atom is 0.417 e. The molecular formula is C34H36F4N4O6S2. The lowest BCUT2D eigenvalue weighted by Crippen LogP contribution is -2.53. The summed E-state index contributed by atoms with van der Waals surface area (Å²) in [6.45, 7) is 2.05. The smallest absolute Gasteiger partial charge is 0.417 e. The lowest BCUT2D eigenvalue weighted by atomic mass is 9.84. The van der Waals surface area contributed by atoms with Gasteiger partial charge in [0.05, 0.1) is 36.4 Å². The van der Waals surface area contributed by atoms with Crippen LogP contribution >= 0.6 is 11.3 Å². The molecule has 0 saturated carbocycles. The SMILES string of the molecule is COC(=O)N(C(=O)[C@@H](N)C(c1ccccc1)c1ccccc1)[C@H](c1ccc([C@@H](CO)N(C(C)C)S(=O)(=O)c2ccc(N)c(F)c2)s1)C(F)(F)F. The van der Waals surface area contributed by atoms with E-state index in [4.69, 9.17) is 11.5 Å². The number of nitrogens with zero attached hydrogens (tertiary/aromatic N) is 2. The normalized spacial score (nSPS) is 14.1. The number of amides is 2. The van der Waals surface area contributed by atoms with Crippen LogP contribution in [-0.2, 0) is 19.6 Å². The topological polar surface area (TPSA) is 156 Å². The lowest BCUT2D eigenvalue weighted by Gasteiger charge is -2.34. The number of thiophene rings is 1. The van der Waals surface area contributed by atoms with Gasteiger partial charge in [0.15, 0.2) is 6.04 Å². The highest BCUT2D eigenvalue weighted by Crippen LogP contribution is 2.44. The Morgan fingerprint density at radius 3 is 1.92 bits per heavy atom. The Kier molecular flexibility index (Phi) is 12.1. The molecule has 0 saturated heterocycles. The maximum absolute atomic E-state index is 15.0. The van der Waals surface area contributed by atoms with E-state index >= 15 is 13.2 Å². The lowest BCUT2D eigenvalue weighted by molar-refractivity contribution is -0.186. The van der Waals surface area contributed by atoms with Crippen LogP contribution in [0.1, 0.15) is 52.7 Å². The monoisotopic (exact) mass is 736 g/mol. The van der Waals surface area contributed by atoms with Crippen LogP contribution in [0, 0.1) is 5.82 Å². The molecule has 0 aliphatic heterocycles. The van der Waals surface area contributed by atoms with Crippen LogP contribution in [0.2, 0.25) is 0 Å². The molecule has 3 aromatic carbocycles. The van der Waals surface area contributed by atoms with Crippen molar-refractivity contribution < 1.29 is 45.4 Å². The summed E-state index contributed by atoms with van der Waals surface area (Å²) in [4.78, 5) is 26.0. The molecule has 16 heteroatoms. The van der Waals surface area contributed by atoms with Crippen molar-refractivity contribution in [3.05, 3.63) is 118 Å². The van der Waals surface area contributed by atoms with Crippen molar-refractivity contribution >= 4 is 39.0 Å². The number of methoxy groups -OCH3 is 1. The van der Waals surface area contributed by atoms with Crippen molar-refractivity contribution in [2.75, 3.05) is 19.5 Å². The summed E-state index contributed by atoms with van der Waals surface area (Å²) in [5.41, 5.74) is 12.7. The van der Waals surface area contributed by atoms with Gasteiger partial charge >= 0.3 is 12.3 Å². The van der Waals surface area contributed by atoms with E-state index in [1.807, 2.05) is 0 Å². The van der Waals surface area contributed by atoms with E-state index in [2.05, 4.69) is 4.74 Å². The first-order valence-corrected chi connectivity index (χ1v) is 17.4. The summed E-state index contributed by atoms with van der Waals surface area (Å²) in [5, 5.41) is 10.4. The van der Waals surface area contributed by atoms with Gasteiger partial charge in [-0.3, -0.25) is 4.79 Å². The molecule has 3 atom stereocenters. The number of sulfonamides is 1. The fraction of sp³-hybridized carbons (Fsp3) is 0.294. The number of hydrogen-bond donors (Lipinski definition) is 3. The van der Waals surface area contributed by atoms with Gasteiger partial charge in [-0.25, -0.2) is 22.5 Å². The number of anilines is 1. The second-order valence-corrected chi connectivity index (χ2v) is 14.5. The second-order valence-electron chi connectivity index (χ2n) is 11.5. The molecule has 0 fully saturated rings. The van der Waals surface area contributed by atoms with Gasteiger partial charge in [-0.05, 0) is 55.3 Å². The molecule has 0 spiro atoms. The van der Waals surface area contributed by atoms with Gasteiger partial charge in [0.2, 0.25) is 10.0 Å². The van der Waals surface area contributed by atoms with E-state index in [9.17, 15) is 27.5 Å². The van der Waals surface area contributed by atoms with E-state index in [-0.39, 0.29) is 15.5 Å². The molecule has 0 radical (unpaired) electrons. The average molecular weight is 737 g/mol. The Bertz CT molecular complexity index is 1850. The molecule has 5 N–H and O–H groups in total. The first kappa shape index (κ1) is 38.5. The van der Waals surface area contributed by atoms with Gasteiger partial charge in [-0.1, -0.05) is 60.7 Å². The third-order valence-electron chi connectivity index (χ3n) is 7.92. The number of rotatable bonds is 12. The van der Waals surface area contributed by atoms with Gasteiger partial charge in [0, 0.05) is 21.7 Å². The van der Waals surface area contributed by atoms with Gasteiger partial charge < -0.3 is 21.3 Å². The molecule has 50 heavy (non-hydrogen) atoms. The Hall–Kier alpha value is -4.35. The molecule has 0 unspecified atom stereocenters. The largest absolute Gasteiger partial charge is 0.452 e. The highest BCUT2D eigenvalue weighted by atomic mass is 32.2. The van der Waals surface area contributed by atoms with Crippen molar-refractivity contribution in [2.45, 2.75) is 55.0 Å². The fourth-order valence-electron chi connectivity index (χ4n) is 5.67. The van der Waals surface area contributed by atoms with E-state index < -0.39 is 80.5 Å². The Balaban J connectivity index is 1.80. The van der Waals surface area contributed by atoms with Crippen LogP contribution in [0.5, 0.6) is 0 Å². The number of halogens is 4. The zero-order valence-electron chi connectivity index (χ0n) is 27.1. The summed E-state index contributed by atoms with van der Waals surface area (Å²) in [5.74, 6) is -3.36. The molecule has 4 rings (SSSR count). The minimum absolute atomic E-state index is 0.0575. The van der Waals surface area contributed by atoms with Crippen molar-refractivity contribution in [3.8, 4) is 0 Å². The van der Waals surface area contributed by atoms with Crippen LogP contribution in [0.3, 0.4) is 0 Å². The van der Waals surface area contributed by atoms with E-state index in [1.54, 1.807) is 60.7 Å². The number of nitrogen functional groups attached to an aromatic ring is 1. The highest BCUT2D eigenvalue weighted by Gasteiger charge is 2.52. The summed E-state index contributed by atoms with van der Waals surface area (Å²) in [6.07, 6.45) is -6.89. The van der Waals surface area contributed by atoms with Crippen molar-refractivity contribution in [3.63, 3.8) is 0 Å². The number of aliphatic hydroxyl groups excluding tert-OH is 1. The van der Waals surface area contributed by atoms with Crippen LogP contribution in [0.25, 0.3) is 0 Å². The predicted molar refractivity (Wildman–Crippen MR) is 180 cm³/mol. The number of carbonyl (C=O) groups is 2. The average Bonchev–Trinajstić information content (AvgIpc) is 3.55. The predicted octanol–water partition coefficient (Wildman–Crippen LogP) is 5.96. The second kappa shape index (κ2) is 15.7. The molecule has 268 valence electrons. The number of alkyl halides is 3. The number of carbonyl (C=O) groups excluding carboxylic acids is 2. The van der Waals surface area contributed by atoms with E-state index in [0.29, 0.717) is 28.5 Å². The fourth-order valence-corrected chi connectivity index (χ4v) is 8.76. The van der Waals surface area contributed by atoms with Crippen molar-refractivity contribution in [1.82, 2.24) is 9.21 Å². The number of hydrogen-bond acceptors (Lipinski definition) is 9. The third kappa shape index (κ3) is 8.00. The van der Waals surface area contributed by atoms with E-state index in [0.717, 1.165) is 35.7 Å². The van der Waals surface area contributed by atoms with Gasteiger partial charge in [-0.2, -0.15) is 17.5 Å². The van der Waals surface area contributed by atoms with Gasteiger partial charge in [0.25, 0.3) is 5.91 Å². The van der Waals surface area contributed by atoms with Gasteiger partial charge in [0.1, 0.15) is 5.82 Å². The van der Waals surface area contributed by atoms with Gasteiger partial charge in [-0.15, -0.1) is 11.3 Å². The zero-order chi connectivity index (χ0) is 37.0. The molecule has 4 aromatic rings. The Labute approximate surface area is 290 Å². The standard InChI is InChI=1S/C34H36F4N4O6S2/c1-20(2)42(50(46,47)23-14-15-25(39)24(35)18-23)26(19-43)27-16-17-28(49-27)31(34(36,37)38)41(33(45)48-3)32(44)30(40)29(21-10-6-4-7-11-21)22-12-8-5-9-13-22/h4-18,20,26,29-31,43H,19,39-40H2,1-3H3/t26-,30+,31-/m1/s1. The van der Waals surface area contributed by atoms with Crippen LogP contribution < -0.4 is 11.5 Å². The van der Waals surface area contributed by atoms with Crippen LogP contribution in [0.15, 0.2) is 95.9 Å². The number of benzene rings is 3. The number of nitrogens with two attached hydrogens (primary N) is 2. The van der Waals surface area contributed by atoms with Crippen molar-refractivity contribution in [2.24, 2.45) is 5.73 Å². The molecule has 2 amide bonds. The molecule has 0 bridgehead atoms. The molecule has 10 nitrogen and oxygen atoms in total. The first-order chi connectivity index (χ1) is 23.5. The first-order valence-electron chi connectivity index (χ1n) is 15.2. The number of aliphatic hydroxyl groups is 1. The molecule has 1 aromatic heterocycles. The minimum Gasteiger partial charge on any atom is -0.452 e. The molecule has 0 aliphatic rings. The number of ether oxygens (including phenoxy) is 1. The summed E-state index contributed by atoms with van der Waals surface area (Å²) in [7, 11) is -3.73. The number of imide groups is 1. The summed E-state index contributed by atoms with van der Waals surface area (Å²) >= 11 is 0.427. The maximum atomic E-state index is 15.0.